The largest absolute Gasteiger partial charge is 0.355 e. The van der Waals surface area contributed by atoms with Gasteiger partial charge in [0.2, 0.25) is 5.91 Å². The van der Waals surface area contributed by atoms with Crippen LogP contribution in [0.3, 0.4) is 0 Å². The fraction of sp³-hybridized carbons (Fsp3) is 0.471. The van der Waals surface area contributed by atoms with Crippen molar-refractivity contribution in [1.29, 1.82) is 0 Å². The Morgan fingerprint density at radius 2 is 2.14 bits per heavy atom. The molecule has 1 aliphatic carbocycles. The molecule has 0 saturated carbocycles. The number of hydrogen-bond acceptors (Lipinski definition) is 2. The third-order valence-electron chi connectivity index (χ3n) is 3.70. The van der Waals surface area contributed by atoms with Gasteiger partial charge in [-0.25, -0.2) is 8.78 Å². The van der Waals surface area contributed by atoms with Crippen molar-refractivity contribution in [2.45, 2.75) is 49.2 Å². The Labute approximate surface area is 134 Å². The average molecular weight is 325 g/mol. The first-order chi connectivity index (χ1) is 10.6. The summed E-state index contributed by atoms with van der Waals surface area (Å²) in [6, 6.07) is 3.69. The fourth-order valence-corrected chi connectivity index (χ4v) is 3.35. The van der Waals surface area contributed by atoms with E-state index in [0.717, 1.165) is 31.4 Å². The van der Waals surface area contributed by atoms with Crippen LogP contribution in [0.5, 0.6) is 0 Å². The zero-order valence-electron chi connectivity index (χ0n) is 12.7. The molecule has 2 rings (SSSR count). The second-order valence-electron chi connectivity index (χ2n) is 5.49. The van der Waals surface area contributed by atoms with Gasteiger partial charge in [0.25, 0.3) is 0 Å². The first-order valence-electron chi connectivity index (χ1n) is 7.63. The molecule has 5 heteroatoms. The van der Waals surface area contributed by atoms with Gasteiger partial charge in [0, 0.05) is 11.4 Å². The monoisotopic (exact) mass is 325 g/mol. The maximum atomic E-state index is 13.1. The van der Waals surface area contributed by atoms with E-state index < -0.39 is 11.6 Å². The Kier molecular flexibility index (Phi) is 6.43. The summed E-state index contributed by atoms with van der Waals surface area (Å²) in [4.78, 5) is 12.6. The molecule has 1 N–H and O–H groups in total. The quantitative estimate of drug-likeness (QED) is 0.618. The van der Waals surface area contributed by atoms with E-state index in [1.165, 1.54) is 36.2 Å². The van der Waals surface area contributed by atoms with Crippen LogP contribution in [0.2, 0.25) is 0 Å². The Morgan fingerprint density at radius 3 is 2.82 bits per heavy atom. The van der Waals surface area contributed by atoms with E-state index >= 15 is 0 Å². The van der Waals surface area contributed by atoms with E-state index in [1.54, 1.807) is 6.92 Å². The summed E-state index contributed by atoms with van der Waals surface area (Å²) in [6.45, 7) is 2.40. The lowest BCUT2D eigenvalue weighted by atomic mass is 9.97. The van der Waals surface area contributed by atoms with Gasteiger partial charge in [-0.15, -0.1) is 11.8 Å². The zero-order chi connectivity index (χ0) is 15.9. The van der Waals surface area contributed by atoms with Crippen molar-refractivity contribution < 1.29 is 13.6 Å². The van der Waals surface area contributed by atoms with Crippen LogP contribution < -0.4 is 5.32 Å². The maximum absolute atomic E-state index is 13.1. The summed E-state index contributed by atoms with van der Waals surface area (Å²) in [6.07, 6.45) is 7.95. The van der Waals surface area contributed by atoms with E-state index in [2.05, 4.69) is 11.4 Å². The highest BCUT2D eigenvalue weighted by molar-refractivity contribution is 8.00. The molecule has 1 unspecified atom stereocenters. The lowest BCUT2D eigenvalue weighted by Crippen LogP contribution is -2.31. The molecule has 2 nitrogen and oxygen atoms in total. The van der Waals surface area contributed by atoms with Gasteiger partial charge in [-0.1, -0.05) is 11.6 Å². The number of nitrogens with one attached hydrogen (secondary N) is 1. The summed E-state index contributed by atoms with van der Waals surface area (Å²) in [5.74, 6) is -1.84. The Bertz CT molecular complexity index is 560. The van der Waals surface area contributed by atoms with Crippen molar-refractivity contribution >= 4 is 17.7 Å². The van der Waals surface area contributed by atoms with Gasteiger partial charge in [0.1, 0.15) is 0 Å². The van der Waals surface area contributed by atoms with Crippen LogP contribution in [-0.2, 0) is 4.79 Å². The number of thioether (sulfide) groups is 1. The number of amides is 1. The molecule has 0 aliphatic heterocycles. The standard InChI is InChI=1S/C17H21F2NOS/c1-12(22-14-7-8-15(18)16(19)11-14)17(21)20-10-9-13-5-3-2-4-6-13/h5,7-8,11-12H,2-4,6,9-10H2,1H3,(H,20,21). The molecule has 120 valence electrons. The highest BCUT2D eigenvalue weighted by atomic mass is 32.2. The van der Waals surface area contributed by atoms with Crippen molar-refractivity contribution in [2.24, 2.45) is 0 Å². The van der Waals surface area contributed by atoms with Crippen LogP contribution in [0.4, 0.5) is 8.78 Å². The molecular formula is C17H21F2NOS. The van der Waals surface area contributed by atoms with E-state index in [0.29, 0.717) is 11.4 Å². The Hall–Kier alpha value is -1.36. The van der Waals surface area contributed by atoms with Crippen molar-refractivity contribution in [1.82, 2.24) is 5.32 Å². The molecule has 1 amide bonds. The van der Waals surface area contributed by atoms with E-state index in [9.17, 15) is 13.6 Å². The predicted octanol–water partition coefficient (Wildman–Crippen LogP) is 4.45. The predicted molar refractivity (Wildman–Crippen MR) is 85.9 cm³/mol. The minimum Gasteiger partial charge on any atom is -0.355 e. The summed E-state index contributed by atoms with van der Waals surface area (Å²) >= 11 is 1.23. The normalized spacial score (nSPS) is 16.0. The number of hydrogen-bond donors (Lipinski definition) is 1. The molecule has 0 saturated heterocycles. The number of benzene rings is 1. The Balaban J connectivity index is 1.76. The smallest absolute Gasteiger partial charge is 0.233 e. The molecule has 1 aromatic rings. The zero-order valence-corrected chi connectivity index (χ0v) is 13.5. The van der Waals surface area contributed by atoms with Crippen LogP contribution in [0.1, 0.15) is 39.0 Å². The minimum atomic E-state index is -0.887. The lowest BCUT2D eigenvalue weighted by molar-refractivity contribution is -0.120. The maximum Gasteiger partial charge on any atom is 0.233 e. The van der Waals surface area contributed by atoms with Gasteiger partial charge in [-0.3, -0.25) is 4.79 Å². The van der Waals surface area contributed by atoms with Gasteiger partial charge in [0.15, 0.2) is 11.6 Å². The molecule has 1 aliphatic rings. The molecule has 0 heterocycles. The van der Waals surface area contributed by atoms with Crippen molar-refractivity contribution in [3.05, 3.63) is 41.5 Å². The highest BCUT2D eigenvalue weighted by Crippen LogP contribution is 2.25. The number of rotatable bonds is 6. The van der Waals surface area contributed by atoms with E-state index in [4.69, 9.17) is 0 Å². The highest BCUT2D eigenvalue weighted by Gasteiger charge is 2.15. The number of halogens is 2. The summed E-state index contributed by atoms with van der Waals surface area (Å²) in [5, 5.41) is 2.57. The summed E-state index contributed by atoms with van der Waals surface area (Å²) < 4.78 is 26.0. The molecular weight excluding hydrogens is 304 g/mol. The van der Waals surface area contributed by atoms with Gasteiger partial charge in [-0.2, -0.15) is 0 Å². The van der Waals surface area contributed by atoms with E-state index in [1.807, 2.05) is 0 Å². The Morgan fingerprint density at radius 1 is 1.32 bits per heavy atom. The SMILES string of the molecule is CC(Sc1ccc(F)c(F)c1)C(=O)NCCC1=CCCCC1. The topological polar surface area (TPSA) is 29.1 Å². The molecule has 1 aromatic carbocycles. The van der Waals surface area contributed by atoms with Crippen molar-refractivity contribution in [3.63, 3.8) is 0 Å². The first-order valence-corrected chi connectivity index (χ1v) is 8.51. The second-order valence-corrected chi connectivity index (χ2v) is 6.90. The van der Waals surface area contributed by atoms with Gasteiger partial charge >= 0.3 is 0 Å². The van der Waals surface area contributed by atoms with Crippen LogP contribution in [-0.4, -0.2) is 17.7 Å². The van der Waals surface area contributed by atoms with Gasteiger partial charge in [0.05, 0.1) is 5.25 Å². The van der Waals surface area contributed by atoms with Gasteiger partial charge in [-0.05, 0) is 57.2 Å². The summed E-state index contributed by atoms with van der Waals surface area (Å²) in [7, 11) is 0. The second kappa shape index (κ2) is 8.32. The first kappa shape index (κ1) is 17.0. The van der Waals surface area contributed by atoms with Crippen molar-refractivity contribution in [3.8, 4) is 0 Å². The minimum absolute atomic E-state index is 0.0776. The molecule has 1 atom stereocenters. The summed E-state index contributed by atoms with van der Waals surface area (Å²) in [5.41, 5.74) is 1.42. The molecule has 0 spiro atoms. The van der Waals surface area contributed by atoms with Crippen LogP contribution in [0.25, 0.3) is 0 Å². The number of carbonyl (C=O) groups is 1. The molecule has 0 radical (unpaired) electrons. The molecule has 22 heavy (non-hydrogen) atoms. The van der Waals surface area contributed by atoms with E-state index in [-0.39, 0.29) is 11.2 Å². The fourth-order valence-electron chi connectivity index (χ4n) is 2.43. The third kappa shape index (κ3) is 5.13. The van der Waals surface area contributed by atoms with Crippen LogP contribution in [0.15, 0.2) is 34.7 Å². The van der Waals surface area contributed by atoms with Crippen molar-refractivity contribution in [2.75, 3.05) is 6.54 Å². The van der Waals surface area contributed by atoms with Gasteiger partial charge < -0.3 is 5.32 Å². The molecule has 0 bridgehead atoms. The molecule has 0 aromatic heterocycles. The number of carbonyl (C=O) groups excluding carboxylic acids is 1. The molecule has 0 fully saturated rings. The third-order valence-corrected chi connectivity index (χ3v) is 4.80. The van der Waals surface area contributed by atoms with Crippen LogP contribution >= 0.6 is 11.8 Å². The number of allylic oxidation sites excluding steroid dienone is 1. The lowest BCUT2D eigenvalue weighted by Gasteiger charge is -2.15. The van der Waals surface area contributed by atoms with Crippen LogP contribution in [0, 0.1) is 11.6 Å². The average Bonchev–Trinajstić information content (AvgIpc) is 2.52.